The van der Waals surface area contributed by atoms with Crippen LogP contribution >= 0.6 is 11.6 Å². The number of phenols is 1. The summed E-state index contributed by atoms with van der Waals surface area (Å²) in [6, 6.07) is 14.7. The van der Waals surface area contributed by atoms with Gasteiger partial charge in [-0.15, -0.1) is 0 Å². The number of carbonyl (C=O) groups is 1. The van der Waals surface area contributed by atoms with Crippen molar-refractivity contribution in [2.75, 3.05) is 0 Å². The molecule has 0 aliphatic rings. The first-order valence-electron chi connectivity index (χ1n) is 8.19. The van der Waals surface area contributed by atoms with E-state index in [-0.39, 0.29) is 5.17 Å². The maximum Gasteiger partial charge on any atom is 0.332 e. The van der Waals surface area contributed by atoms with E-state index in [1.165, 1.54) is 18.9 Å². The predicted molar refractivity (Wildman–Crippen MR) is 102 cm³/mol. The summed E-state index contributed by atoms with van der Waals surface area (Å²) in [5.41, 5.74) is 3.02. The lowest BCUT2D eigenvalue weighted by Gasteiger charge is -2.06. The van der Waals surface area contributed by atoms with Gasteiger partial charge in [0.1, 0.15) is 5.75 Å². The van der Waals surface area contributed by atoms with Crippen molar-refractivity contribution in [3.8, 4) is 5.75 Å². The molecule has 0 saturated carbocycles. The fourth-order valence-electron chi connectivity index (χ4n) is 2.10. The highest BCUT2D eigenvalue weighted by molar-refractivity contribution is 6.69. The Morgan fingerprint density at radius 2 is 1.84 bits per heavy atom. The zero-order valence-electron chi connectivity index (χ0n) is 14.8. The summed E-state index contributed by atoms with van der Waals surface area (Å²) in [5.74, 6) is -0.0440. The zero-order chi connectivity index (χ0) is 18.7. The third-order valence-corrected chi connectivity index (χ3v) is 3.72. The minimum atomic E-state index is -0.492. The van der Waals surface area contributed by atoms with Crippen molar-refractivity contribution in [2.45, 2.75) is 40.0 Å². The van der Waals surface area contributed by atoms with Crippen LogP contribution in [0, 0.1) is 6.92 Å². The standard InChI is InChI=1S/C11H16O.C9H8ClNO2/c1-3-4-7-10-9(2)6-5-8-11(10)12;1-7(12)13-11-9(10)8-5-3-2-4-6-8/h5-6,8,12H,3-4,7H2,1-2H3;2-6H,1H3. The molecule has 2 aromatic rings. The highest BCUT2D eigenvalue weighted by atomic mass is 35.5. The SMILES string of the molecule is CC(=O)ON=C(Cl)c1ccccc1.CCCCc1c(C)cccc1O. The van der Waals surface area contributed by atoms with Gasteiger partial charge in [-0.3, -0.25) is 0 Å². The molecule has 5 heteroatoms. The van der Waals surface area contributed by atoms with Crippen LogP contribution in [0.5, 0.6) is 5.75 Å². The molecule has 0 radical (unpaired) electrons. The van der Waals surface area contributed by atoms with E-state index in [1.54, 1.807) is 18.2 Å². The molecule has 25 heavy (non-hydrogen) atoms. The zero-order valence-corrected chi connectivity index (χ0v) is 15.6. The molecule has 0 unspecified atom stereocenters. The van der Waals surface area contributed by atoms with Gasteiger partial charge >= 0.3 is 5.97 Å². The molecule has 2 aromatic carbocycles. The molecule has 0 spiro atoms. The Morgan fingerprint density at radius 3 is 2.40 bits per heavy atom. The van der Waals surface area contributed by atoms with Gasteiger partial charge < -0.3 is 9.94 Å². The lowest BCUT2D eigenvalue weighted by atomic mass is 10.0. The molecular formula is C20H24ClNO3. The summed E-state index contributed by atoms with van der Waals surface area (Å²) in [6.45, 7) is 5.47. The quantitative estimate of drug-likeness (QED) is 0.452. The third kappa shape index (κ3) is 7.86. The molecule has 0 bridgehead atoms. The van der Waals surface area contributed by atoms with Crippen molar-refractivity contribution in [2.24, 2.45) is 5.16 Å². The second kappa shape index (κ2) is 11.3. The summed E-state index contributed by atoms with van der Waals surface area (Å²) < 4.78 is 0. The second-order valence-corrected chi connectivity index (χ2v) is 5.87. The molecule has 0 aliphatic heterocycles. The molecule has 134 valence electrons. The molecule has 0 atom stereocenters. The van der Waals surface area contributed by atoms with E-state index in [2.05, 4.69) is 16.9 Å². The van der Waals surface area contributed by atoms with Crippen LogP contribution in [-0.4, -0.2) is 16.2 Å². The van der Waals surface area contributed by atoms with Crippen molar-refractivity contribution in [3.63, 3.8) is 0 Å². The average Bonchev–Trinajstić information content (AvgIpc) is 2.60. The number of benzene rings is 2. The molecule has 0 saturated heterocycles. The third-order valence-electron chi connectivity index (χ3n) is 3.43. The predicted octanol–water partition coefficient (Wildman–Crippen LogP) is 5.19. The Morgan fingerprint density at radius 1 is 1.16 bits per heavy atom. The van der Waals surface area contributed by atoms with Gasteiger partial charge in [-0.25, -0.2) is 4.79 Å². The largest absolute Gasteiger partial charge is 0.508 e. The van der Waals surface area contributed by atoms with Crippen LogP contribution in [0.25, 0.3) is 0 Å². The van der Waals surface area contributed by atoms with E-state index >= 15 is 0 Å². The number of aryl methyl sites for hydroxylation is 1. The molecule has 1 N–H and O–H groups in total. The molecular weight excluding hydrogens is 338 g/mol. The number of unbranched alkanes of at least 4 members (excludes halogenated alkanes) is 1. The van der Waals surface area contributed by atoms with Crippen molar-refractivity contribution in [1.29, 1.82) is 0 Å². The number of nitrogens with zero attached hydrogens (tertiary/aromatic N) is 1. The van der Waals surface area contributed by atoms with Gasteiger partial charge in [-0.05, 0) is 37.0 Å². The molecule has 0 fully saturated rings. The number of carbonyl (C=O) groups excluding carboxylic acids is 1. The van der Waals surface area contributed by atoms with Crippen LogP contribution in [0.2, 0.25) is 0 Å². The number of aromatic hydroxyl groups is 1. The van der Waals surface area contributed by atoms with E-state index < -0.39 is 5.97 Å². The smallest absolute Gasteiger partial charge is 0.332 e. The Labute approximate surface area is 154 Å². The number of oxime groups is 1. The van der Waals surface area contributed by atoms with Crippen molar-refractivity contribution < 1.29 is 14.7 Å². The van der Waals surface area contributed by atoms with Crippen LogP contribution in [0.4, 0.5) is 0 Å². The number of hydrogen-bond acceptors (Lipinski definition) is 4. The summed E-state index contributed by atoms with van der Waals surface area (Å²) in [6.07, 6.45) is 3.32. The summed E-state index contributed by atoms with van der Waals surface area (Å²) in [5, 5.41) is 13.1. The normalized spacial score (nSPS) is 10.6. The Hall–Kier alpha value is -2.33. The van der Waals surface area contributed by atoms with E-state index in [9.17, 15) is 9.90 Å². The monoisotopic (exact) mass is 361 g/mol. The number of halogens is 1. The van der Waals surface area contributed by atoms with Gasteiger partial charge in [0.05, 0.1) is 0 Å². The van der Waals surface area contributed by atoms with E-state index in [4.69, 9.17) is 11.6 Å². The molecule has 0 aliphatic carbocycles. The van der Waals surface area contributed by atoms with E-state index in [0.29, 0.717) is 11.3 Å². The van der Waals surface area contributed by atoms with Gasteiger partial charge in [-0.1, -0.05) is 72.6 Å². The van der Waals surface area contributed by atoms with Crippen molar-refractivity contribution in [3.05, 3.63) is 65.2 Å². The second-order valence-electron chi connectivity index (χ2n) is 5.51. The van der Waals surface area contributed by atoms with Gasteiger partial charge in [0.2, 0.25) is 0 Å². The maximum atomic E-state index is 10.4. The molecule has 0 amide bonds. The minimum absolute atomic E-state index is 0.163. The summed E-state index contributed by atoms with van der Waals surface area (Å²) in [4.78, 5) is 14.8. The Kier molecular flexibility index (Phi) is 9.33. The lowest BCUT2D eigenvalue weighted by Crippen LogP contribution is -1.96. The first kappa shape index (κ1) is 20.7. The summed E-state index contributed by atoms with van der Waals surface area (Å²) >= 11 is 5.72. The van der Waals surface area contributed by atoms with E-state index in [0.717, 1.165) is 18.4 Å². The fraction of sp³-hybridized carbons (Fsp3) is 0.300. The van der Waals surface area contributed by atoms with Crippen LogP contribution in [-0.2, 0) is 16.1 Å². The van der Waals surface area contributed by atoms with Gasteiger partial charge in [0.25, 0.3) is 0 Å². The Balaban J connectivity index is 0.000000251. The maximum absolute atomic E-state index is 10.4. The van der Waals surface area contributed by atoms with Crippen molar-refractivity contribution in [1.82, 2.24) is 0 Å². The number of phenolic OH excluding ortho intramolecular Hbond substituents is 1. The van der Waals surface area contributed by atoms with Crippen molar-refractivity contribution >= 4 is 22.7 Å². The molecule has 0 aromatic heterocycles. The van der Waals surface area contributed by atoms with Crippen LogP contribution in [0.15, 0.2) is 53.7 Å². The molecule has 0 heterocycles. The van der Waals surface area contributed by atoms with Gasteiger partial charge in [0.15, 0.2) is 5.17 Å². The minimum Gasteiger partial charge on any atom is -0.508 e. The fourth-order valence-corrected chi connectivity index (χ4v) is 2.26. The van der Waals surface area contributed by atoms with E-state index in [1.807, 2.05) is 37.3 Å². The topological polar surface area (TPSA) is 58.9 Å². The summed E-state index contributed by atoms with van der Waals surface area (Å²) in [7, 11) is 0. The van der Waals surface area contributed by atoms with Gasteiger partial charge in [0, 0.05) is 12.5 Å². The molecule has 4 nitrogen and oxygen atoms in total. The van der Waals surface area contributed by atoms with Crippen LogP contribution < -0.4 is 0 Å². The first-order chi connectivity index (χ1) is 12.0. The Bertz CT molecular complexity index is 679. The number of hydrogen-bond donors (Lipinski definition) is 1. The highest BCUT2D eigenvalue weighted by Gasteiger charge is 2.02. The van der Waals surface area contributed by atoms with Gasteiger partial charge in [-0.2, -0.15) is 0 Å². The number of rotatable bonds is 5. The first-order valence-corrected chi connectivity index (χ1v) is 8.57. The highest BCUT2D eigenvalue weighted by Crippen LogP contribution is 2.22. The van der Waals surface area contributed by atoms with Crippen LogP contribution in [0.1, 0.15) is 43.4 Å². The van der Waals surface area contributed by atoms with Crippen LogP contribution in [0.3, 0.4) is 0 Å². The average molecular weight is 362 g/mol. The molecule has 2 rings (SSSR count). The lowest BCUT2D eigenvalue weighted by molar-refractivity contribution is -0.140.